The van der Waals surface area contributed by atoms with Crippen molar-refractivity contribution in [2.45, 2.75) is 39.5 Å². The van der Waals surface area contributed by atoms with E-state index in [1.54, 1.807) is 5.57 Å². The molecule has 0 amide bonds. The maximum Gasteiger partial charge on any atom is -0.00968 e. The van der Waals surface area contributed by atoms with Gasteiger partial charge in [-0.05, 0) is 30.2 Å². The summed E-state index contributed by atoms with van der Waals surface area (Å²) < 4.78 is 0. The molecule has 0 spiro atoms. The van der Waals surface area contributed by atoms with E-state index in [0.29, 0.717) is 0 Å². The molecule has 0 bridgehead atoms. The first-order chi connectivity index (χ1) is 7.83. The molecule has 1 aliphatic carbocycles. The zero-order valence-corrected chi connectivity index (χ0v) is 10.4. The molecule has 0 heterocycles. The second-order valence-electron chi connectivity index (χ2n) is 4.93. The first kappa shape index (κ1) is 11.4. The molecular formula is C16H22. The third-order valence-electron chi connectivity index (χ3n) is 3.68. The van der Waals surface area contributed by atoms with Crippen LogP contribution in [-0.2, 0) is 6.42 Å². The minimum atomic E-state index is 0.831. The van der Waals surface area contributed by atoms with Gasteiger partial charge in [-0.25, -0.2) is 0 Å². The van der Waals surface area contributed by atoms with Gasteiger partial charge in [-0.1, -0.05) is 68.7 Å². The van der Waals surface area contributed by atoms with Crippen molar-refractivity contribution < 1.29 is 0 Å². The van der Waals surface area contributed by atoms with E-state index in [9.17, 15) is 0 Å². The van der Waals surface area contributed by atoms with Crippen LogP contribution in [0.3, 0.4) is 0 Å². The van der Waals surface area contributed by atoms with Crippen LogP contribution < -0.4 is 0 Å². The van der Waals surface area contributed by atoms with Crippen molar-refractivity contribution >= 4 is 0 Å². The Morgan fingerprint density at radius 3 is 2.62 bits per heavy atom. The van der Waals surface area contributed by atoms with Crippen LogP contribution in [0.4, 0.5) is 0 Å². The lowest BCUT2D eigenvalue weighted by atomic mass is 10.1. The van der Waals surface area contributed by atoms with Gasteiger partial charge >= 0.3 is 0 Å². The minimum absolute atomic E-state index is 0.831. The van der Waals surface area contributed by atoms with Crippen LogP contribution in [0.1, 0.15) is 38.7 Å². The average Bonchev–Trinajstić information content (AvgIpc) is 2.91. The Labute approximate surface area is 99.4 Å². The lowest BCUT2D eigenvalue weighted by Crippen LogP contribution is -1.87. The van der Waals surface area contributed by atoms with Gasteiger partial charge in [-0.3, -0.25) is 0 Å². The summed E-state index contributed by atoms with van der Waals surface area (Å²) in [6.07, 6.45) is 7.65. The van der Waals surface area contributed by atoms with Crippen molar-refractivity contribution in [3.05, 3.63) is 47.5 Å². The topological polar surface area (TPSA) is 0 Å². The summed E-state index contributed by atoms with van der Waals surface area (Å²) in [7, 11) is 0. The number of hydrogen-bond acceptors (Lipinski definition) is 0. The van der Waals surface area contributed by atoms with Gasteiger partial charge < -0.3 is 0 Å². The van der Waals surface area contributed by atoms with Crippen LogP contribution in [0, 0.1) is 11.8 Å². The van der Waals surface area contributed by atoms with Gasteiger partial charge in [0.2, 0.25) is 0 Å². The number of rotatable bonds is 5. The molecule has 0 saturated heterocycles. The monoisotopic (exact) mass is 214 g/mol. The van der Waals surface area contributed by atoms with Crippen molar-refractivity contribution in [2.24, 2.45) is 11.8 Å². The molecule has 0 N–H and O–H groups in total. The van der Waals surface area contributed by atoms with Crippen LogP contribution >= 0.6 is 0 Å². The van der Waals surface area contributed by atoms with Gasteiger partial charge in [0.15, 0.2) is 0 Å². The second kappa shape index (κ2) is 5.34. The fraction of sp³-hybridized carbons (Fsp3) is 0.500. The van der Waals surface area contributed by atoms with Gasteiger partial charge in [-0.2, -0.15) is 0 Å². The van der Waals surface area contributed by atoms with E-state index in [-0.39, 0.29) is 0 Å². The van der Waals surface area contributed by atoms with E-state index < -0.39 is 0 Å². The molecule has 86 valence electrons. The molecule has 1 fully saturated rings. The van der Waals surface area contributed by atoms with Crippen LogP contribution in [0.2, 0.25) is 0 Å². The summed E-state index contributed by atoms with van der Waals surface area (Å²) in [5, 5.41) is 0. The summed E-state index contributed by atoms with van der Waals surface area (Å²) in [6, 6.07) is 10.9. The molecule has 1 saturated carbocycles. The molecule has 0 heteroatoms. The maximum atomic E-state index is 2.49. The quantitative estimate of drug-likeness (QED) is 0.496. The molecule has 16 heavy (non-hydrogen) atoms. The first-order valence-corrected chi connectivity index (χ1v) is 6.56. The number of unbranched alkanes of at least 4 members (excludes halogenated alkanes) is 2. The standard InChI is InChI=1S/C16H22/c1-3-4-6-11-15-13(2)16(15)12-14-9-7-5-8-10-14/h5,7-11,13,16H,3-4,6,12H2,1-2H3/b15-11-/t13-,16-/m1/s1. The molecule has 0 nitrogen and oxygen atoms in total. The molecule has 2 rings (SSSR count). The molecule has 0 radical (unpaired) electrons. The van der Waals surface area contributed by atoms with Crippen molar-refractivity contribution in [2.75, 3.05) is 0 Å². The van der Waals surface area contributed by atoms with Gasteiger partial charge in [0.25, 0.3) is 0 Å². The SMILES string of the molecule is CCCC/C=C1/[C@@H](C)[C@H]1Cc1ccccc1. The average molecular weight is 214 g/mol. The largest absolute Gasteiger partial charge is 0.0847 e. The Morgan fingerprint density at radius 1 is 1.19 bits per heavy atom. The van der Waals surface area contributed by atoms with Gasteiger partial charge in [0.1, 0.15) is 0 Å². The highest BCUT2D eigenvalue weighted by atomic mass is 14.4. The summed E-state index contributed by atoms with van der Waals surface area (Å²) in [6.45, 7) is 4.63. The maximum absolute atomic E-state index is 2.49. The number of hydrogen-bond donors (Lipinski definition) is 0. The summed E-state index contributed by atoms with van der Waals surface area (Å²) in [4.78, 5) is 0. The number of allylic oxidation sites excluding steroid dienone is 2. The highest BCUT2D eigenvalue weighted by molar-refractivity contribution is 5.32. The van der Waals surface area contributed by atoms with Crippen molar-refractivity contribution in [3.63, 3.8) is 0 Å². The molecule has 1 aliphatic rings. The number of benzene rings is 1. The van der Waals surface area contributed by atoms with Crippen LogP contribution in [0.5, 0.6) is 0 Å². The zero-order valence-electron chi connectivity index (χ0n) is 10.4. The fourth-order valence-corrected chi connectivity index (χ4v) is 2.47. The highest BCUT2D eigenvalue weighted by Crippen LogP contribution is 2.47. The minimum Gasteiger partial charge on any atom is -0.0847 e. The molecule has 1 aromatic carbocycles. The molecule has 0 aromatic heterocycles. The van der Waals surface area contributed by atoms with Crippen LogP contribution in [0.25, 0.3) is 0 Å². The van der Waals surface area contributed by atoms with E-state index in [1.165, 1.54) is 31.2 Å². The van der Waals surface area contributed by atoms with E-state index in [2.05, 4.69) is 50.3 Å². The summed E-state index contributed by atoms with van der Waals surface area (Å²) in [5.74, 6) is 1.66. The lowest BCUT2D eigenvalue weighted by molar-refractivity contribution is 0.749. The molecule has 1 aromatic rings. The Balaban J connectivity index is 1.87. The Kier molecular flexibility index (Phi) is 3.82. The Morgan fingerprint density at radius 2 is 1.94 bits per heavy atom. The van der Waals surface area contributed by atoms with Crippen LogP contribution in [-0.4, -0.2) is 0 Å². The van der Waals surface area contributed by atoms with Gasteiger partial charge in [0.05, 0.1) is 0 Å². The molecular weight excluding hydrogens is 192 g/mol. The Hall–Kier alpha value is -1.04. The van der Waals surface area contributed by atoms with Gasteiger partial charge in [-0.15, -0.1) is 0 Å². The third-order valence-corrected chi connectivity index (χ3v) is 3.68. The van der Waals surface area contributed by atoms with E-state index in [0.717, 1.165) is 11.8 Å². The highest BCUT2D eigenvalue weighted by Gasteiger charge is 2.38. The molecule has 0 aliphatic heterocycles. The smallest absolute Gasteiger partial charge is 0.00968 e. The fourth-order valence-electron chi connectivity index (χ4n) is 2.47. The molecule has 0 unspecified atom stereocenters. The third kappa shape index (κ3) is 2.75. The van der Waals surface area contributed by atoms with Crippen LogP contribution in [0.15, 0.2) is 42.0 Å². The van der Waals surface area contributed by atoms with Crippen molar-refractivity contribution in [1.82, 2.24) is 0 Å². The second-order valence-corrected chi connectivity index (χ2v) is 4.93. The molecule has 2 atom stereocenters. The van der Waals surface area contributed by atoms with Crippen molar-refractivity contribution in [3.8, 4) is 0 Å². The van der Waals surface area contributed by atoms with E-state index in [4.69, 9.17) is 0 Å². The van der Waals surface area contributed by atoms with Gasteiger partial charge in [0, 0.05) is 0 Å². The Bertz CT molecular complexity index is 348. The normalized spacial score (nSPS) is 26.0. The lowest BCUT2D eigenvalue weighted by Gasteiger charge is -1.97. The van der Waals surface area contributed by atoms with E-state index in [1.807, 2.05) is 0 Å². The first-order valence-electron chi connectivity index (χ1n) is 6.56. The summed E-state index contributed by atoms with van der Waals surface area (Å²) >= 11 is 0. The predicted molar refractivity (Wildman–Crippen MR) is 70.4 cm³/mol. The summed E-state index contributed by atoms with van der Waals surface area (Å²) in [5.41, 5.74) is 3.19. The van der Waals surface area contributed by atoms with Crippen molar-refractivity contribution in [1.29, 1.82) is 0 Å². The zero-order chi connectivity index (χ0) is 11.4. The predicted octanol–water partition coefficient (Wildman–Crippen LogP) is 4.61. The van der Waals surface area contributed by atoms with E-state index >= 15 is 0 Å².